The van der Waals surface area contributed by atoms with Crippen LogP contribution in [0.2, 0.25) is 0 Å². The molecule has 2 rings (SSSR count). The van der Waals surface area contributed by atoms with Crippen LogP contribution in [0.4, 0.5) is 5.69 Å². The highest BCUT2D eigenvalue weighted by atomic mass is 79.9. The van der Waals surface area contributed by atoms with Gasteiger partial charge < -0.3 is 14.8 Å². The molecule has 1 N–H and O–H groups in total. The van der Waals surface area contributed by atoms with Crippen LogP contribution in [0.25, 0.3) is 0 Å². The maximum absolute atomic E-state index is 11.9. The zero-order chi connectivity index (χ0) is 15.9. The molecule has 0 bridgehead atoms. The van der Waals surface area contributed by atoms with Crippen molar-refractivity contribution < 1.29 is 14.3 Å². The number of carbonyl (C=O) groups excluding carboxylic acids is 1. The molecular weight excluding hydrogens is 346 g/mol. The van der Waals surface area contributed by atoms with Crippen LogP contribution in [-0.4, -0.2) is 19.1 Å². The predicted octanol–water partition coefficient (Wildman–Crippen LogP) is 4.17. The van der Waals surface area contributed by atoms with E-state index in [1.165, 1.54) is 0 Å². The Bertz CT molecular complexity index is 641. The van der Waals surface area contributed by atoms with Crippen molar-refractivity contribution in [2.75, 3.05) is 18.5 Å². The number of amides is 1. The molecule has 0 unspecified atom stereocenters. The number of aryl methyl sites for hydroxylation is 1. The molecule has 22 heavy (non-hydrogen) atoms. The Labute approximate surface area is 138 Å². The summed E-state index contributed by atoms with van der Waals surface area (Å²) >= 11 is 3.43. The van der Waals surface area contributed by atoms with Gasteiger partial charge in [-0.05, 0) is 61.9 Å². The van der Waals surface area contributed by atoms with Crippen molar-refractivity contribution in [1.82, 2.24) is 0 Å². The maximum atomic E-state index is 11.9. The summed E-state index contributed by atoms with van der Waals surface area (Å²) in [7, 11) is 0. The van der Waals surface area contributed by atoms with Crippen molar-refractivity contribution in [3.8, 4) is 11.5 Å². The molecule has 2 aromatic rings. The lowest BCUT2D eigenvalue weighted by Crippen LogP contribution is -2.20. The van der Waals surface area contributed by atoms with Gasteiger partial charge in [0.1, 0.15) is 11.5 Å². The first kappa shape index (κ1) is 16.4. The van der Waals surface area contributed by atoms with Crippen molar-refractivity contribution in [2.45, 2.75) is 13.8 Å². The molecule has 0 atom stereocenters. The van der Waals surface area contributed by atoms with E-state index in [9.17, 15) is 4.79 Å². The van der Waals surface area contributed by atoms with E-state index in [0.717, 1.165) is 15.8 Å². The number of nitrogens with one attached hydrogen (secondary N) is 1. The summed E-state index contributed by atoms with van der Waals surface area (Å²) in [6, 6.07) is 12.8. The first-order valence-corrected chi connectivity index (χ1v) is 7.79. The minimum Gasteiger partial charge on any atom is -0.494 e. The van der Waals surface area contributed by atoms with Gasteiger partial charge in [0.2, 0.25) is 0 Å². The Kier molecular flexibility index (Phi) is 5.83. The topological polar surface area (TPSA) is 47.6 Å². The lowest BCUT2D eigenvalue weighted by atomic mass is 10.2. The second-order valence-electron chi connectivity index (χ2n) is 4.71. The fraction of sp³-hybridized carbons (Fsp3) is 0.235. The largest absolute Gasteiger partial charge is 0.494 e. The van der Waals surface area contributed by atoms with Crippen LogP contribution in [0.5, 0.6) is 11.5 Å². The quantitative estimate of drug-likeness (QED) is 0.837. The lowest BCUT2D eigenvalue weighted by Gasteiger charge is -2.09. The first-order valence-electron chi connectivity index (χ1n) is 7.00. The first-order chi connectivity index (χ1) is 10.6. The third kappa shape index (κ3) is 4.77. The van der Waals surface area contributed by atoms with Gasteiger partial charge in [0, 0.05) is 10.2 Å². The van der Waals surface area contributed by atoms with Crippen molar-refractivity contribution in [2.24, 2.45) is 0 Å². The Morgan fingerprint density at radius 2 is 1.77 bits per heavy atom. The van der Waals surface area contributed by atoms with Crippen LogP contribution in [0.3, 0.4) is 0 Å². The standard InChI is InChI=1S/C17H18BrNO3/c1-3-21-14-6-4-13(5-7-14)19-17(20)11-22-15-8-9-16(18)12(2)10-15/h4-10H,3,11H2,1-2H3,(H,19,20). The number of halogens is 1. The molecule has 2 aromatic carbocycles. The van der Waals surface area contributed by atoms with Gasteiger partial charge in [0.15, 0.2) is 6.61 Å². The van der Waals surface area contributed by atoms with Crippen LogP contribution < -0.4 is 14.8 Å². The van der Waals surface area contributed by atoms with Crippen molar-refractivity contribution in [3.05, 3.63) is 52.5 Å². The molecule has 0 radical (unpaired) electrons. The molecule has 0 aliphatic heterocycles. The third-order valence-electron chi connectivity index (χ3n) is 2.95. The molecule has 0 aliphatic carbocycles. The normalized spacial score (nSPS) is 10.1. The molecule has 0 aromatic heterocycles. The number of anilines is 1. The zero-order valence-corrected chi connectivity index (χ0v) is 14.1. The summed E-state index contributed by atoms with van der Waals surface area (Å²) in [6.07, 6.45) is 0. The van der Waals surface area contributed by atoms with E-state index in [2.05, 4.69) is 21.2 Å². The van der Waals surface area contributed by atoms with E-state index in [4.69, 9.17) is 9.47 Å². The van der Waals surface area contributed by atoms with Gasteiger partial charge in [-0.25, -0.2) is 0 Å². The summed E-state index contributed by atoms with van der Waals surface area (Å²) in [6.45, 7) is 4.48. The van der Waals surface area contributed by atoms with Gasteiger partial charge in [-0.15, -0.1) is 0 Å². The average Bonchev–Trinajstić information content (AvgIpc) is 2.51. The molecule has 4 nitrogen and oxygen atoms in total. The highest BCUT2D eigenvalue weighted by Crippen LogP contribution is 2.21. The van der Waals surface area contributed by atoms with E-state index in [-0.39, 0.29) is 12.5 Å². The summed E-state index contributed by atoms with van der Waals surface area (Å²) < 4.78 is 11.8. The minimum absolute atomic E-state index is 0.0334. The van der Waals surface area contributed by atoms with Gasteiger partial charge in [0.05, 0.1) is 6.61 Å². The molecule has 0 saturated carbocycles. The van der Waals surface area contributed by atoms with E-state index < -0.39 is 0 Å². The van der Waals surface area contributed by atoms with Crippen molar-refractivity contribution in [1.29, 1.82) is 0 Å². The van der Waals surface area contributed by atoms with Crippen LogP contribution in [0, 0.1) is 6.92 Å². The van der Waals surface area contributed by atoms with E-state index in [1.807, 2.05) is 44.2 Å². The molecule has 0 saturated heterocycles. The molecule has 116 valence electrons. The molecule has 0 aliphatic rings. The third-order valence-corrected chi connectivity index (χ3v) is 3.84. The molecule has 1 amide bonds. The average molecular weight is 364 g/mol. The van der Waals surface area contributed by atoms with Gasteiger partial charge in [-0.2, -0.15) is 0 Å². The smallest absolute Gasteiger partial charge is 0.262 e. The molecule has 0 fully saturated rings. The predicted molar refractivity (Wildman–Crippen MR) is 90.6 cm³/mol. The number of carbonyl (C=O) groups is 1. The molecular formula is C17H18BrNO3. The Balaban J connectivity index is 1.85. The van der Waals surface area contributed by atoms with Crippen LogP contribution >= 0.6 is 15.9 Å². The number of rotatable bonds is 6. The van der Waals surface area contributed by atoms with Gasteiger partial charge in [-0.3, -0.25) is 4.79 Å². The fourth-order valence-electron chi connectivity index (χ4n) is 1.85. The van der Waals surface area contributed by atoms with Crippen LogP contribution in [-0.2, 0) is 4.79 Å². The monoisotopic (exact) mass is 363 g/mol. The number of ether oxygens (including phenoxy) is 2. The van der Waals surface area contributed by atoms with Crippen LogP contribution in [0.15, 0.2) is 46.9 Å². The Morgan fingerprint density at radius 1 is 1.09 bits per heavy atom. The molecule has 5 heteroatoms. The number of benzene rings is 2. The summed E-state index contributed by atoms with van der Waals surface area (Å²) in [5.74, 6) is 1.24. The minimum atomic E-state index is -0.204. The van der Waals surface area contributed by atoms with Gasteiger partial charge >= 0.3 is 0 Å². The zero-order valence-electron chi connectivity index (χ0n) is 12.6. The van der Waals surface area contributed by atoms with E-state index in [0.29, 0.717) is 18.0 Å². The van der Waals surface area contributed by atoms with E-state index >= 15 is 0 Å². The molecule has 0 spiro atoms. The lowest BCUT2D eigenvalue weighted by molar-refractivity contribution is -0.118. The van der Waals surface area contributed by atoms with Crippen molar-refractivity contribution >= 4 is 27.5 Å². The highest BCUT2D eigenvalue weighted by Gasteiger charge is 2.05. The van der Waals surface area contributed by atoms with Crippen LogP contribution in [0.1, 0.15) is 12.5 Å². The van der Waals surface area contributed by atoms with Crippen molar-refractivity contribution in [3.63, 3.8) is 0 Å². The highest BCUT2D eigenvalue weighted by molar-refractivity contribution is 9.10. The summed E-state index contributed by atoms with van der Waals surface area (Å²) in [5.41, 5.74) is 1.77. The Hall–Kier alpha value is -2.01. The summed E-state index contributed by atoms with van der Waals surface area (Å²) in [4.78, 5) is 11.9. The van der Waals surface area contributed by atoms with E-state index in [1.54, 1.807) is 12.1 Å². The Morgan fingerprint density at radius 3 is 2.41 bits per heavy atom. The maximum Gasteiger partial charge on any atom is 0.262 e. The molecule has 0 heterocycles. The number of hydrogen-bond acceptors (Lipinski definition) is 3. The second-order valence-corrected chi connectivity index (χ2v) is 5.56. The summed E-state index contributed by atoms with van der Waals surface area (Å²) in [5, 5.41) is 2.78. The number of hydrogen-bond donors (Lipinski definition) is 1. The SMILES string of the molecule is CCOc1ccc(NC(=O)COc2ccc(Br)c(C)c2)cc1. The van der Waals surface area contributed by atoms with Gasteiger partial charge in [0.25, 0.3) is 5.91 Å². The fourth-order valence-corrected chi connectivity index (χ4v) is 2.10. The van der Waals surface area contributed by atoms with Gasteiger partial charge in [-0.1, -0.05) is 15.9 Å². The second kappa shape index (κ2) is 7.84.